The monoisotopic (exact) mass is 313 g/mol. The van der Waals surface area contributed by atoms with Crippen molar-refractivity contribution in [2.75, 3.05) is 0 Å². The molecule has 7 heteroatoms. The van der Waals surface area contributed by atoms with Crippen LogP contribution in [0.4, 0.5) is 8.78 Å². The van der Waals surface area contributed by atoms with Crippen molar-refractivity contribution in [3.05, 3.63) is 28.0 Å². The van der Waals surface area contributed by atoms with Gasteiger partial charge in [0.1, 0.15) is 5.69 Å². The molecule has 0 saturated carbocycles. The molecule has 0 bridgehead atoms. The number of carboxylic acid groups (broad SMARTS) is 1. The largest absolute Gasteiger partial charge is 0.481 e. The Balaban J connectivity index is 3.25. The first kappa shape index (κ1) is 13.3. The Hall–Kier alpha value is -0.750. The van der Waals surface area contributed by atoms with Crippen molar-refractivity contribution in [1.29, 1.82) is 0 Å². The van der Waals surface area contributed by atoms with E-state index in [0.717, 1.165) is 0 Å². The second kappa shape index (κ2) is 5.54. The van der Waals surface area contributed by atoms with Gasteiger partial charge in [0.15, 0.2) is 0 Å². The van der Waals surface area contributed by atoms with Crippen LogP contribution in [-0.4, -0.2) is 16.1 Å². The minimum Gasteiger partial charge on any atom is -0.481 e. The maximum atomic E-state index is 12.6. The van der Waals surface area contributed by atoms with Crippen molar-refractivity contribution in [3.63, 3.8) is 0 Å². The number of halogens is 4. The molecule has 16 heavy (non-hydrogen) atoms. The van der Waals surface area contributed by atoms with Crippen molar-refractivity contribution >= 4 is 33.5 Å². The average molecular weight is 315 g/mol. The molecule has 0 fully saturated rings. The molecule has 1 N–H and O–H groups in total. The molecular weight excluding hydrogens is 307 g/mol. The quantitative estimate of drug-likeness (QED) is 0.868. The van der Waals surface area contributed by atoms with Gasteiger partial charge in [0.25, 0.3) is 6.43 Å². The summed E-state index contributed by atoms with van der Waals surface area (Å²) in [6, 6.07) is 1.40. The average Bonchev–Trinajstić information content (AvgIpc) is 2.19. The number of rotatable bonds is 4. The summed E-state index contributed by atoms with van der Waals surface area (Å²) in [5.74, 6) is -1.13. The number of carboxylic acids is 1. The van der Waals surface area contributed by atoms with E-state index < -0.39 is 24.5 Å². The molecule has 0 saturated heterocycles. The highest BCUT2D eigenvalue weighted by atomic mass is 79.9. The van der Waals surface area contributed by atoms with Crippen molar-refractivity contribution in [2.45, 2.75) is 18.2 Å². The normalized spacial score (nSPS) is 10.8. The van der Waals surface area contributed by atoms with Gasteiger partial charge >= 0.3 is 5.97 Å². The number of pyridine rings is 1. The predicted molar refractivity (Wildman–Crippen MR) is 58.2 cm³/mol. The summed E-state index contributed by atoms with van der Waals surface area (Å²) in [4.78, 5) is 14.2. The highest BCUT2D eigenvalue weighted by Gasteiger charge is 2.19. The second-order valence-corrected chi connectivity index (χ2v) is 3.92. The molecule has 1 heterocycles. The molecule has 3 nitrogen and oxygen atoms in total. The number of alkyl halides is 3. The molecule has 0 aliphatic heterocycles. The lowest BCUT2D eigenvalue weighted by Gasteiger charge is -2.09. The van der Waals surface area contributed by atoms with Crippen molar-refractivity contribution < 1.29 is 18.7 Å². The van der Waals surface area contributed by atoms with E-state index in [9.17, 15) is 13.6 Å². The van der Waals surface area contributed by atoms with Gasteiger partial charge < -0.3 is 5.11 Å². The Morgan fingerprint density at radius 2 is 2.25 bits per heavy atom. The molecule has 1 aromatic rings. The van der Waals surface area contributed by atoms with Crippen molar-refractivity contribution in [2.24, 2.45) is 0 Å². The van der Waals surface area contributed by atoms with Gasteiger partial charge in [-0.1, -0.05) is 27.5 Å². The maximum absolute atomic E-state index is 12.6. The lowest BCUT2D eigenvalue weighted by molar-refractivity contribution is -0.136. The molecule has 0 aromatic carbocycles. The fraction of sp³-hybridized carbons (Fsp3) is 0.333. The minimum atomic E-state index is -2.82. The zero-order valence-electron chi connectivity index (χ0n) is 7.88. The van der Waals surface area contributed by atoms with Gasteiger partial charge in [-0.05, 0) is 11.6 Å². The summed E-state index contributed by atoms with van der Waals surface area (Å²) in [6.45, 7) is 0. The topological polar surface area (TPSA) is 50.2 Å². The molecule has 0 aliphatic rings. The number of hydrogen-bond donors (Lipinski definition) is 1. The predicted octanol–water partition coefficient (Wildman–Crippen LogP) is 3.19. The molecule has 1 aromatic heterocycles. The smallest absolute Gasteiger partial charge is 0.307 e. The van der Waals surface area contributed by atoms with Crippen molar-refractivity contribution in [3.8, 4) is 0 Å². The van der Waals surface area contributed by atoms with Crippen LogP contribution < -0.4 is 0 Å². The molecule has 0 atom stereocenters. The molecule has 0 aliphatic carbocycles. The number of aromatic nitrogens is 1. The van der Waals surface area contributed by atoms with Crippen LogP contribution in [0, 0.1) is 0 Å². The van der Waals surface area contributed by atoms with E-state index in [4.69, 9.17) is 16.7 Å². The van der Waals surface area contributed by atoms with Crippen molar-refractivity contribution in [1.82, 2.24) is 4.98 Å². The fourth-order valence-corrected chi connectivity index (χ4v) is 1.70. The summed E-state index contributed by atoms with van der Waals surface area (Å²) in [7, 11) is 0. The molecule has 0 unspecified atom stereocenters. The Kier molecular flexibility index (Phi) is 4.61. The van der Waals surface area contributed by atoms with Crippen LogP contribution in [-0.2, 0) is 16.5 Å². The Morgan fingerprint density at radius 3 is 2.69 bits per heavy atom. The van der Waals surface area contributed by atoms with Gasteiger partial charge in [-0.3, -0.25) is 4.79 Å². The van der Waals surface area contributed by atoms with Crippen LogP contribution in [0.3, 0.4) is 0 Å². The standard InChI is InChI=1S/C9H7BrClF2NO2/c10-3-5-1-4(2-6(15)16)7(11)8(14-5)9(12)13/h1,9H,2-3H2,(H,15,16). The van der Waals surface area contributed by atoms with E-state index in [2.05, 4.69) is 20.9 Å². The van der Waals surface area contributed by atoms with E-state index in [1.807, 2.05) is 0 Å². The minimum absolute atomic E-state index is 0.147. The summed E-state index contributed by atoms with van der Waals surface area (Å²) in [5, 5.41) is 8.59. The third-order valence-electron chi connectivity index (χ3n) is 1.80. The maximum Gasteiger partial charge on any atom is 0.307 e. The zero-order chi connectivity index (χ0) is 12.3. The first-order valence-electron chi connectivity index (χ1n) is 4.19. The Labute approximate surface area is 104 Å². The van der Waals surface area contributed by atoms with Gasteiger partial charge in [0.2, 0.25) is 0 Å². The summed E-state index contributed by atoms with van der Waals surface area (Å²) in [6.07, 6.45) is -3.22. The van der Waals surface area contributed by atoms with E-state index in [0.29, 0.717) is 5.69 Å². The summed E-state index contributed by atoms with van der Waals surface area (Å²) < 4.78 is 25.1. The molecule has 0 radical (unpaired) electrons. The number of aliphatic carboxylic acids is 1. The highest BCUT2D eigenvalue weighted by Crippen LogP contribution is 2.29. The number of carbonyl (C=O) groups is 1. The lowest BCUT2D eigenvalue weighted by Crippen LogP contribution is -2.05. The zero-order valence-corrected chi connectivity index (χ0v) is 10.2. The summed E-state index contributed by atoms with van der Waals surface area (Å²) >= 11 is 8.72. The Morgan fingerprint density at radius 1 is 1.62 bits per heavy atom. The molecule has 1 rings (SSSR count). The summed E-state index contributed by atoms with van der Waals surface area (Å²) in [5.41, 5.74) is -0.0975. The van der Waals surface area contributed by atoms with Crippen LogP contribution >= 0.6 is 27.5 Å². The Bertz CT molecular complexity index is 415. The van der Waals surface area contributed by atoms with Crippen LogP contribution in [0.5, 0.6) is 0 Å². The lowest BCUT2D eigenvalue weighted by atomic mass is 10.1. The molecule has 88 valence electrons. The van der Waals surface area contributed by atoms with Gasteiger partial charge in [-0.15, -0.1) is 0 Å². The van der Waals surface area contributed by atoms with Crippen LogP contribution in [0.1, 0.15) is 23.4 Å². The van der Waals surface area contributed by atoms with Crippen LogP contribution in [0.2, 0.25) is 5.02 Å². The number of hydrogen-bond acceptors (Lipinski definition) is 2. The van der Waals surface area contributed by atoms with Gasteiger partial charge in [-0.25, -0.2) is 13.8 Å². The van der Waals surface area contributed by atoms with E-state index >= 15 is 0 Å². The third-order valence-corrected chi connectivity index (χ3v) is 2.81. The van der Waals surface area contributed by atoms with Gasteiger partial charge in [-0.2, -0.15) is 0 Å². The SMILES string of the molecule is O=C(O)Cc1cc(CBr)nc(C(F)F)c1Cl. The fourth-order valence-electron chi connectivity index (χ4n) is 1.17. The van der Waals surface area contributed by atoms with Crippen LogP contribution in [0.25, 0.3) is 0 Å². The first-order valence-corrected chi connectivity index (χ1v) is 5.69. The second-order valence-electron chi connectivity index (χ2n) is 2.98. The van der Waals surface area contributed by atoms with E-state index in [1.165, 1.54) is 6.07 Å². The molecular formula is C9H7BrClF2NO2. The van der Waals surface area contributed by atoms with Gasteiger partial charge in [0.05, 0.1) is 17.1 Å². The number of nitrogens with zero attached hydrogens (tertiary/aromatic N) is 1. The molecule has 0 spiro atoms. The van der Waals surface area contributed by atoms with Gasteiger partial charge in [0, 0.05) is 5.33 Å². The first-order chi connectivity index (χ1) is 7.45. The van der Waals surface area contributed by atoms with Crippen LogP contribution in [0.15, 0.2) is 6.07 Å². The third kappa shape index (κ3) is 3.12. The van der Waals surface area contributed by atoms with E-state index in [1.54, 1.807) is 0 Å². The van der Waals surface area contributed by atoms with E-state index in [-0.39, 0.29) is 15.9 Å². The highest BCUT2D eigenvalue weighted by molar-refractivity contribution is 9.08. The molecule has 0 amide bonds.